The molecule has 28 heavy (non-hydrogen) atoms. The van der Waals surface area contributed by atoms with Gasteiger partial charge in [-0.3, -0.25) is 4.79 Å². The van der Waals surface area contributed by atoms with E-state index in [-0.39, 0.29) is 17.8 Å². The number of benzene rings is 1. The van der Waals surface area contributed by atoms with Crippen LogP contribution in [-0.2, 0) is 9.53 Å². The van der Waals surface area contributed by atoms with Crippen molar-refractivity contribution in [3.8, 4) is 0 Å². The third-order valence-corrected chi connectivity index (χ3v) is 4.25. The Morgan fingerprint density at radius 1 is 1.18 bits per heavy atom. The quantitative estimate of drug-likeness (QED) is 0.632. The van der Waals surface area contributed by atoms with E-state index in [1.807, 2.05) is 50.2 Å². The summed E-state index contributed by atoms with van der Waals surface area (Å²) in [6, 6.07) is 11.4. The van der Waals surface area contributed by atoms with Gasteiger partial charge < -0.3 is 10.1 Å². The molecule has 0 aliphatic rings. The van der Waals surface area contributed by atoms with Gasteiger partial charge in [0, 0.05) is 11.4 Å². The molecule has 1 aromatic carbocycles. The summed E-state index contributed by atoms with van der Waals surface area (Å²) in [7, 11) is 0. The average Bonchev–Trinajstić information content (AvgIpc) is 3.11. The lowest BCUT2D eigenvalue weighted by Gasteiger charge is -2.18. The normalized spacial score (nSPS) is 12.0. The molecule has 1 N–H and O–H groups in total. The summed E-state index contributed by atoms with van der Waals surface area (Å²) in [4.78, 5) is 32.8. The Morgan fingerprint density at radius 2 is 1.93 bits per heavy atom. The van der Waals surface area contributed by atoms with Crippen molar-refractivity contribution in [2.45, 2.75) is 39.7 Å². The molecule has 2 aromatic heterocycles. The van der Waals surface area contributed by atoms with Gasteiger partial charge in [-0.2, -0.15) is 4.98 Å². The van der Waals surface area contributed by atoms with Crippen LogP contribution < -0.4 is 5.32 Å². The summed E-state index contributed by atoms with van der Waals surface area (Å²) in [6.45, 7) is 5.33. The lowest BCUT2D eigenvalue weighted by atomic mass is 10.0. The molecule has 8 heteroatoms. The van der Waals surface area contributed by atoms with E-state index in [2.05, 4.69) is 27.3 Å². The van der Waals surface area contributed by atoms with E-state index in [4.69, 9.17) is 4.74 Å². The SMILES string of the molecule is CCC[C@H](NC(=O)COC(=O)c1nc2nc(C)cc(C)n2n1)c1ccccc1. The molecular weight excluding hydrogens is 358 g/mol. The number of hydrogen-bond acceptors (Lipinski definition) is 6. The first-order valence-corrected chi connectivity index (χ1v) is 9.20. The van der Waals surface area contributed by atoms with Crippen LogP contribution in [-0.4, -0.2) is 38.1 Å². The Balaban J connectivity index is 1.62. The molecule has 0 bridgehead atoms. The zero-order chi connectivity index (χ0) is 20.1. The van der Waals surface area contributed by atoms with E-state index < -0.39 is 12.6 Å². The fourth-order valence-electron chi connectivity index (χ4n) is 2.98. The molecule has 0 saturated heterocycles. The summed E-state index contributed by atoms with van der Waals surface area (Å²) in [5, 5.41) is 7.02. The van der Waals surface area contributed by atoms with Crippen LogP contribution in [0.2, 0.25) is 0 Å². The monoisotopic (exact) mass is 381 g/mol. The molecule has 1 atom stereocenters. The second kappa shape index (κ2) is 8.60. The molecule has 1 amide bonds. The van der Waals surface area contributed by atoms with E-state index in [9.17, 15) is 9.59 Å². The third kappa shape index (κ3) is 4.51. The van der Waals surface area contributed by atoms with Crippen LogP contribution >= 0.6 is 0 Å². The maximum absolute atomic E-state index is 12.3. The summed E-state index contributed by atoms with van der Waals surface area (Å²) >= 11 is 0. The maximum atomic E-state index is 12.3. The molecule has 0 fully saturated rings. The molecule has 0 saturated carbocycles. The molecule has 0 radical (unpaired) electrons. The predicted octanol–water partition coefficient (Wildman–Crippen LogP) is 2.56. The van der Waals surface area contributed by atoms with Gasteiger partial charge in [0.1, 0.15) is 0 Å². The van der Waals surface area contributed by atoms with Crippen molar-refractivity contribution in [1.29, 1.82) is 0 Å². The van der Waals surface area contributed by atoms with Crippen molar-refractivity contribution in [1.82, 2.24) is 24.9 Å². The van der Waals surface area contributed by atoms with Crippen molar-refractivity contribution in [3.05, 3.63) is 59.2 Å². The standard InChI is InChI=1S/C20H23N5O3/c1-4-8-16(15-9-6-5-7-10-15)22-17(26)12-28-19(27)18-23-20-21-13(2)11-14(3)25(20)24-18/h5-7,9-11,16H,4,8,12H2,1-3H3,(H,22,26)/t16-/m0/s1. The summed E-state index contributed by atoms with van der Waals surface area (Å²) in [6.07, 6.45) is 1.71. The number of amides is 1. The number of nitrogens with one attached hydrogen (secondary N) is 1. The van der Waals surface area contributed by atoms with Crippen LogP contribution in [0.1, 0.15) is 53.4 Å². The number of rotatable bonds is 7. The van der Waals surface area contributed by atoms with E-state index >= 15 is 0 Å². The highest BCUT2D eigenvalue weighted by Gasteiger charge is 2.19. The first-order valence-electron chi connectivity index (χ1n) is 9.20. The molecule has 146 valence electrons. The highest BCUT2D eigenvalue weighted by molar-refractivity contribution is 5.88. The van der Waals surface area contributed by atoms with E-state index in [0.717, 1.165) is 29.8 Å². The molecule has 3 aromatic rings. The van der Waals surface area contributed by atoms with Gasteiger partial charge in [0.25, 0.3) is 17.5 Å². The molecular formula is C20H23N5O3. The van der Waals surface area contributed by atoms with Gasteiger partial charge in [0.2, 0.25) is 0 Å². The van der Waals surface area contributed by atoms with Crippen LogP contribution in [0.5, 0.6) is 0 Å². The minimum absolute atomic E-state index is 0.123. The number of nitrogens with zero attached hydrogens (tertiary/aromatic N) is 4. The fraction of sp³-hybridized carbons (Fsp3) is 0.350. The number of ether oxygens (including phenoxy) is 1. The van der Waals surface area contributed by atoms with Crippen molar-refractivity contribution >= 4 is 17.7 Å². The third-order valence-electron chi connectivity index (χ3n) is 4.25. The second-order valence-corrected chi connectivity index (χ2v) is 6.58. The van der Waals surface area contributed by atoms with Gasteiger partial charge in [0.15, 0.2) is 6.61 Å². The summed E-state index contributed by atoms with van der Waals surface area (Å²) < 4.78 is 6.56. The van der Waals surface area contributed by atoms with Crippen LogP contribution in [0.25, 0.3) is 5.78 Å². The molecule has 0 aliphatic carbocycles. The van der Waals surface area contributed by atoms with Crippen LogP contribution in [0, 0.1) is 13.8 Å². The molecule has 3 rings (SSSR count). The predicted molar refractivity (Wildman–Crippen MR) is 103 cm³/mol. The minimum Gasteiger partial charge on any atom is -0.450 e. The molecule has 2 heterocycles. The number of fused-ring (bicyclic) bond motifs is 1. The van der Waals surface area contributed by atoms with Gasteiger partial charge in [-0.15, -0.1) is 5.10 Å². The number of esters is 1. The number of carbonyl (C=O) groups is 2. The van der Waals surface area contributed by atoms with Crippen LogP contribution in [0.3, 0.4) is 0 Å². The molecule has 8 nitrogen and oxygen atoms in total. The molecule has 0 spiro atoms. The molecule has 0 aliphatic heterocycles. The lowest BCUT2D eigenvalue weighted by molar-refractivity contribution is -0.125. The summed E-state index contributed by atoms with van der Waals surface area (Å²) in [5.74, 6) is -0.933. The Labute approximate surface area is 163 Å². The summed E-state index contributed by atoms with van der Waals surface area (Å²) in [5.41, 5.74) is 2.60. The van der Waals surface area contributed by atoms with E-state index in [0.29, 0.717) is 5.78 Å². The molecule has 0 unspecified atom stereocenters. The number of hydrogen-bond donors (Lipinski definition) is 1. The average molecular weight is 381 g/mol. The zero-order valence-electron chi connectivity index (χ0n) is 16.2. The first kappa shape index (κ1) is 19.5. The van der Waals surface area contributed by atoms with Crippen molar-refractivity contribution in [2.75, 3.05) is 6.61 Å². The van der Waals surface area contributed by atoms with Crippen molar-refractivity contribution in [3.63, 3.8) is 0 Å². The second-order valence-electron chi connectivity index (χ2n) is 6.58. The zero-order valence-corrected chi connectivity index (χ0v) is 16.2. The van der Waals surface area contributed by atoms with Crippen molar-refractivity contribution in [2.24, 2.45) is 0 Å². The van der Waals surface area contributed by atoms with Gasteiger partial charge in [-0.1, -0.05) is 43.7 Å². The highest BCUT2D eigenvalue weighted by Crippen LogP contribution is 2.17. The number of carbonyl (C=O) groups excluding carboxylic acids is 2. The van der Waals surface area contributed by atoms with Crippen molar-refractivity contribution < 1.29 is 14.3 Å². The fourth-order valence-corrected chi connectivity index (χ4v) is 2.98. The van der Waals surface area contributed by atoms with Gasteiger partial charge >= 0.3 is 5.97 Å². The smallest absolute Gasteiger partial charge is 0.378 e. The number of aryl methyl sites for hydroxylation is 2. The van der Waals surface area contributed by atoms with Gasteiger partial charge in [-0.05, 0) is 31.9 Å². The Bertz CT molecular complexity index is 984. The largest absolute Gasteiger partial charge is 0.450 e. The Morgan fingerprint density at radius 3 is 2.64 bits per heavy atom. The first-order chi connectivity index (χ1) is 13.5. The van der Waals surface area contributed by atoms with Gasteiger partial charge in [0.05, 0.1) is 6.04 Å². The van der Waals surface area contributed by atoms with E-state index in [1.54, 1.807) is 0 Å². The highest BCUT2D eigenvalue weighted by atomic mass is 16.5. The van der Waals surface area contributed by atoms with Crippen LogP contribution in [0.4, 0.5) is 0 Å². The Hall–Kier alpha value is -3.29. The van der Waals surface area contributed by atoms with Gasteiger partial charge in [-0.25, -0.2) is 14.3 Å². The maximum Gasteiger partial charge on any atom is 0.378 e. The number of aromatic nitrogens is 4. The van der Waals surface area contributed by atoms with Crippen LogP contribution in [0.15, 0.2) is 36.4 Å². The topological polar surface area (TPSA) is 98.5 Å². The minimum atomic E-state index is -0.760. The van der Waals surface area contributed by atoms with E-state index in [1.165, 1.54) is 4.52 Å². The Kier molecular flexibility index (Phi) is 5.98. The lowest BCUT2D eigenvalue weighted by Crippen LogP contribution is -2.32.